The number of amides is 2. The number of hydrogen-bond acceptors (Lipinski definition) is 5. The number of anilines is 1. The summed E-state index contributed by atoms with van der Waals surface area (Å²) in [4.78, 5) is 35.7. The molecule has 176 valence electrons. The molecule has 2 aromatic carbocycles. The molecule has 0 heterocycles. The van der Waals surface area contributed by atoms with Crippen molar-refractivity contribution in [3.63, 3.8) is 0 Å². The first-order chi connectivity index (χ1) is 16.3. The van der Waals surface area contributed by atoms with Crippen LogP contribution >= 0.6 is 0 Å². The number of carbonyl (C=O) groups is 3. The molecule has 2 atom stereocenters. The monoisotopic (exact) mass is 460 g/mol. The second-order valence-corrected chi connectivity index (χ2v) is 7.62. The number of aliphatic hydroxyl groups is 2. The van der Waals surface area contributed by atoms with Gasteiger partial charge in [-0.15, -0.1) is 0 Å². The molecule has 0 saturated heterocycles. The lowest BCUT2D eigenvalue weighted by Gasteiger charge is -2.19. The van der Waals surface area contributed by atoms with Gasteiger partial charge in [-0.3, -0.25) is 14.4 Å². The maximum absolute atomic E-state index is 12.3. The van der Waals surface area contributed by atoms with E-state index < -0.39 is 30.4 Å². The van der Waals surface area contributed by atoms with Crippen LogP contribution in [0.2, 0.25) is 0 Å². The summed E-state index contributed by atoms with van der Waals surface area (Å²) in [5.74, 6) is 10.1. The number of benzene rings is 2. The van der Waals surface area contributed by atoms with Gasteiger partial charge in [-0.1, -0.05) is 25.2 Å². The van der Waals surface area contributed by atoms with Crippen LogP contribution in [-0.2, 0) is 9.59 Å². The molecule has 7 heteroatoms. The van der Waals surface area contributed by atoms with E-state index in [-0.39, 0.29) is 11.5 Å². The molecular weight excluding hydrogens is 432 g/mol. The fraction of sp³-hybridized carbons (Fsp3) is 0.296. The summed E-state index contributed by atoms with van der Waals surface area (Å²) in [6.07, 6.45) is 1.21. The van der Waals surface area contributed by atoms with Crippen LogP contribution in [0.5, 0.6) is 0 Å². The highest BCUT2D eigenvalue weighted by Gasteiger charge is 2.25. The van der Waals surface area contributed by atoms with Crippen molar-refractivity contribution in [1.82, 2.24) is 5.32 Å². The van der Waals surface area contributed by atoms with Crippen molar-refractivity contribution in [2.75, 3.05) is 11.9 Å². The molecule has 2 aromatic rings. The van der Waals surface area contributed by atoms with Crippen molar-refractivity contribution in [3.8, 4) is 23.7 Å². The minimum absolute atomic E-state index is 0.00327. The largest absolute Gasteiger partial charge is 0.391 e. The smallest absolute Gasteiger partial charge is 0.251 e. The van der Waals surface area contributed by atoms with Crippen LogP contribution in [0.1, 0.15) is 54.6 Å². The predicted molar refractivity (Wildman–Crippen MR) is 130 cm³/mol. The van der Waals surface area contributed by atoms with Gasteiger partial charge in [0.1, 0.15) is 12.6 Å². The molecule has 0 bridgehead atoms. The lowest BCUT2D eigenvalue weighted by atomic mass is 10.1. The summed E-state index contributed by atoms with van der Waals surface area (Å²) in [5.41, 5.74) is 2.42. The molecular formula is C27H28N2O5. The van der Waals surface area contributed by atoms with Gasteiger partial charge in [-0.05, 0) is 73.7 Å². The Kier molecular flexibility index (Phi) is 10.5. The van der Waals surface area contributed by atoms with Crippen molar-refractivity contribution in [2.45, 2.75) is 45.3 Å². The molecule has 0 fully saturated rings. The standard InChI is InChI=1S/C27H28N2O5/c1-3-4-9-25(33)28-23-16-12-21(13-17-23)8-6-5-7-20-10-14-22(15-11-20)27(34)29-26(19(2)31)24(32)18-30/h10-17,19,26,30-31H,3-4,9,18H2,1-2H3,(H,28,33)(H,29,34)/t19-,26+/m1/s1. The van der Waals surface area contributed by atoms with Gasteiger partial charge in [0.05, 0.1) is 6.10 Å². The molecule has 34 heavy (non-hydrogen) atoms. The minimum atomic E-state index is -1.18. The predicted octanol–water partition coefficient (Wildman–Crippen LogP) is 2.26. The van der Waals surface area contributed by atoms with Gasteiger partial charge in [0.25, 0.3) is 5.91 Å². The fourth-order valence-corrected chi connectivity index (χ4v) is 2.90. The Morgan fingerprint density at radius 2 is 1.50 bits per heavy atom. The summed E-state index contributed by atoms with van der Waals surface area (Å²) < 4.78 is 0. The Hall–Kier alpha value is -3.91. The van der Waals surface area contributed by atoms with Crippen molar-refractivity contribution < 1.29 is 24.6 Å². The van der Waals surface area contributed by atoms with Gasteiger partial charge in [-0.25, -0.2) is 0 Å². The zero-order valence-electron chi connectivity index (χ0n) is 19.2. The topological polar surface area (TPSA) is 116 Å². The summed E-state index contributed by atoms with van der Waals surface area (Å²) in [5, 5.41) is 23.9. The number of carbonyl (C=O) groups excluding carboxylic acids is 3. The van der Waals surface area contributed by atoms with E-state index in [1.165, 1.54) is 6.92 Å². The van der Waals surface area contributed by atoms with Crippen molar-refractivity contribution in [3.05, 3.63) is 65.2 Å². The summed E-state index contributed by atoms with van der Waals surface area (Å²) >= 11 is 0. The first-order valence-corrected chi connectivity index (χ1v) is 11.0. The van der Waals surface area contributed by atoms with Crippen LogP contribution in [0, 0.1) is 23.7 Å². The average molecular weight is 461 g/mol. The minimum Gasteiger partial charge on any atom is -0.391 e. The lowest BCUT2D eigenvalue weighted by molar-refractivity contribution is -0.126. The first kappa shape index (κ1) is 26.3. The van der Waals surface area contributed by atoms with Gasteiger partial charge in [0.15, 0.2) is 5.78 Å². The molecule has 0 radical (unpaired) electrons. The van der Waals surface area contributed by atoms with E-state index in [1.54, 1.807) is 48.5 Å². The number of hydrogen-bond donors (Lipinski definition) is 4. The van der Waals surface area contributed by atoms with Crippen LogP contribution in [0.4, 0.5) is 5.69 Å². The fourth-order valence-electron chi connectivity index (χ4n) is 2.90. The van der Waals surface area contributed by atoms with Crippen LogP contribution in [0.25, 0.3) is 0 Å². The molecule has 7 nitrogen and oxygen atoms in total. The summed E-state index contributed by atoms with van der Waals surface area (Å²) in [6.45, 7) is 2.63. The van der Waals surface area contributed by atoms with Gasteiger partial charge in [0.2, 0.25) is 5.91 Å². The molecule has 0 aliphatic rings. The molecule has 0 spiro atoms. The number of Topliss-reactive ketones (excluding diaryl/α,β-unsaturated/α-hetero) is 1. The lowest BCUT2D eigenvalue weighted by Crippen LogP contribution is -2.48. The van der Waals surface area contributed by atoms with Gasteiger partial charge in [-0.2, -0.15) is 0 Å². The van der Waals surface area contributed by atoms with Gasteiger partial charge in [0, 0.05) is 28.8 Å². The molecule has 2 rings (SSSR count). The Balaban J connectivity index is 1.95. The van der Waals surface area contributed by atoms with E-state index in [1.807, 2.05) is 6.92 Å². The Morgan fingerprint density at radius 3 is 2.00 bits per heavy atom. The van der Waals surface area contributed by atoms with E-state index in [0.29, 0.717) is 12.0 Å². The number of aliphatic hydroxyl groups excluding tert-OH is 2. The van der Waals surface area contributed by atoms with Crippen LogP contribution in [0.3, 0.4) is 0 Å². The zero-order chi connectivity index (χ0) is 24.9. The van der Waals surface area contributed by atoms with Gasteiger partial charge < -0.3 is 20.8 Å². The normalized spacial score (nSPS) is 11.6. The van der Waals surface area contributed by atoms with Gasteiger partial charge >= 0.3 is 0 Å². The van der Waals surface area contributed by atoms with Crippen LogP contribution < -0.4 is 10.6 Å². The van der Waals surface area contributed by atoms with E-state index in [4.69, 9.17) is 5.11 Å². The highest BCUT2D eigenvalue weighted by atomic mass is 16.3. The third-order valence-electron chi connectivity index (χ3n) is 4.82. The second-order valence-electron chi connectivity index (χ2n) is 7.62. The maximum atomic E-state index is 12.3. The average Bonchev–Trinajstić information content (AvgIpc) is 2.84. The van der Waals surface area contributed by atoms with E-state index in [9.17, 15) is 19.5 Å². The molecule has 0 aliphatic carbocycles. The Bertz CT molecular complexity index is 1110. The maximum Gasteiger partial charge on any atom is 0.251 e. The van der Waals surface area contributed by atoms with E-state index in [2.05, 4.69) is 34.3 Å². The second kappa shape index (κ2) is 13.6. The third kappa shape index (κ3) is 8.55. The number of ketones is 1. The first-order valence-electron chi connectivity index (χ1n) is 11.0. The highest BCUT2D eigenvalue weighted by molar-refractivity contribution is 5.98. The van der Waals surface area contributed by atoms with Crippen molar-refractivity contribution >= 4 is 23.3 Å². The highest BCUT2D eigenvalue weighted by Crippen LogP contribution is 2.10. The van der Waals surface area contributed by atoms with Crippen LogP contribution in [-0.4, -0.2) is 46.6 Å². The molecule has 2 amide bonds. The van der Waals surface area contributed by atoms with Crippen LogP contribution in [0.15, 0.2) is 48.5 Å². The third-order valence-corrected chi connectivity index (χ3v) is 4.82. The molecule has 4 N–H and O–H groups in total. The number of unbranched alkanes of at least 4 members (excludes halogenated alkanes) is 1. The quantitative estimate of drug-likeness (QED) is 0.429. The Morgan fingerprint density at radius 1 is 0.941 bits per heavy atom. The SMILES string of the molecule is CCCCC(=O)Nc1ccc(C#CC#Cc2ccc(C(=O)N[C@H](C(=O)CO)[C@@H](C)O)cc2)cc1. The van der Waals surface area contributed by atoms with E-state index >= 15 is 0 Å². The molecule has 0 aromatic heterocycles. The zero-order valence-corrected chi connectivity index (χ0v) is 19.2. The van der Waals surface area contributed by atoms with E-state index in [0.717, 1.165) is 24.1 Å². The number of nitrogens with one attached hydrogen (secondary N) is 2. The van der Waals surface area contributed by atoms with Crippen molar-refractivity contribution in [1.29, 1.82) is 0 Å². The number of rotatable bonds is 9. The Labute approximate surface area is 199 Å². The summed E-state index contributed by atoms with van der Waals surface area (Å²) in [6, 6.07) is 12.4. The van der Waals surface area contributed by atoms with Crippen molar-refractivity contribution in [2.24, 2.45) is 0 Å². The summed E-state index contributed by atoms with van der Waals surface area (Å²) in [7, 11) is 0. The molecule has 0 unspecified atom stereocenters. The molecule has 0 saturated carbocycles. The molecule has 0 aliphatic heterocycles.